The number of nitrogens with zero attached hydrogens (tertiary/aromatic N) is 4. The van der Waals surface area contributed by atoms with Gasteiger partial charge in [0.25, 0.3) is 11.5 Å². The predicted octanol–water partition coefficient (Wildman–Crippen LogP) is 1.37. The Bertz CT molecular complexity index is 1220. The summed E-state index contributed by atoms with van der Waals surface area (Å²) in [5.41, 5.74) is 3.28. The van der Waals surface area contributed by atoms with E-state index in [2.05, 4.69) is 15.5 Å². The molecule has 0 aliphatic carbocycles. The summed E-state index contributed by atoms with van der Waals surface area (Å²) in [6.45, 7) is 1.63. The standard InChI is InChI=1S/C20H19N5O3/c1-13-15(12-16-17(22-13)24(2)20(28)25(3)19(16)27)18(26)23-21-11-7-10-14-8-5-4-6-9-14/h4-12H,1-3H3,(H,23,26). The van der Waals surface area contributed by atoms with Gasteiger partial charge in [0.05, 0.1) is 16.6 Å². The molecule has 0 fully saturated rings. The molecule has 28 heavy (non-hydrogen) atoms. The van der Waals surface area contributed by atoms with Crippen LogP contribution in [0.5, 0.6) is 0 Å². The number of nitrogens with one attached hydrogen (secondary N) is 1. The first-order valence-corrected chi connectivity index (χ1v) is 8.52. The molecule has 8 nitrogen and oxygen atoms in total. The van der Waals surface area contributed by atoms with E-state index in [1.54, 1.807) is 13.0 Å². The highest BCUT2D eigenvalue weighted by Gasteiger charge is 2.16. The second-order valence-corrected chi connectivity index (χ2v) is 6.19. The monoisotopic (exact) mass is 377 g/mol. The molecule has 1 aromatic carbocycles. The summed E-state index contributed by atoms with van der Waals surface area (Å²) in [6, 6.07) is 11.1. The van der Waals surface area contributed by atoms with E-state index in [9.17, 15) is 14.4 Å². The molecule has 1 amide bonds. The fourth-order valence-electron chi connectivity index (χ4n) is 2.74. The summed E-state index contributed by atoms with van der Waals surface area (Å²) in [7, 11) is 2.91. The van der Waals surface area contributed by atoms with Gasteiger partial charge in [-0.25, -0.2) is 15.2 Å². The number of fused-ring (bicyclic) bond motifs is 1. The zero-order valence-electron chi connectivity index (χ0n) is 15.7. The lowest BCUT2D eigenvalue weighted by molar-refractivity contribution is 0.0954. The van der Waals surface area contributed by atoms with Crippen LogP contribution in [0.4, 0.5) is 0 Å². The Morgan fingerprint density at radius 3 is 2.57 bits per heavy atom. The molecule has 2 aromatic heterocycles. The fourth-order valence-corrected chi connectivity index (χ4v) is 2.74. The molecule has 0 aliphatic rings. The van der Waals surface area contributed by atoms with Gasteiger partial charge in [-0.1, -0.05) is 36.4 Å². The van der Waals surface area contributed by atoms with E-state index in [1.807, 2.05) is 36.4 Å². The molecule has 0 bridgehead atoms. The minimum atomic E-state index is -0.506. The van der Waals surface area contributed by atoms with Gasteiger partial charge < -0.3 is 0 Å². The number of carbonyl (C=O) groups is 1. The zero-order valence-corrected chi connectivity index (χ0v) is 15.7. The number of rotatable bonds is 4. The van der Waals surface area contributed by atoms with E-state index < -0.39 is 17.2 Å². The maximum absolute atomic E-state index is 12.4. The van der Waals surface area contributed by atoms with Crippen molar-refractivity contribution in [3.05, 3.63) is 80.1 Å². The van der Waals surface area contributed by atoms with E-state index in [1.165, 1.54) is 30.9 Å². The molecule has 0 spiro atoms. The molecule has 0 aliphatic heterocycles. The second-order valence-electron chi connectivity index (χ2n) is 6.19. The largest absolute Gasteiger partial charge is 0.332 e. The normalized spacial score (nSPS) is 11.5. The third-order valence-electron chi connectivity index (χ3n) is 4.28. The van der Waals surface area contributed by atoms with Gasteiger partial charge in [-0.05, 0) is 24.6 Å². The van der Waals surface area contributed by atoms with Crippen LogP contribution in [0.1, 0.15) is 21.6 Å². The number of allylic oxidation sites excluding steroid dienone is 1. The summed E-state index contributed by atoms with van der Waals surface area (Å²) >= 11 is 0. The molecular weight excluding hydrogens is 358 g/mol. The van der Waals surface area contributed by atoms with Crippen molar-refractivity contribution in [1.29, 1.82) is 0 Å². The zero-order chi connectivity index (χ0) is 20.3. The summed E-state index contributed by atoms with van der Waals surface area (Å²) in [5.74, 6) is -0.493. The summed E-state index contributed by atoms with van der Waals surface area (Å²) in [5, 5.41) is 4.07. The Hall–Kier alpha value is -3.81. The van der Waals surface area contributed by atoms with Gasteiger partial charge in [-0.2, -0.15) is 5.10 Å². The number of hydrazone groups is 1. The molecule has 0 radical (unpaired) electrons. The van der Waals surface area contributed by atoms with Crippen LogP contribution in [0, 0.1) is 6.92 Å². The van der Waals surface area contributed by atoms with E-state index in [0.717, 1.165) is 10.1 Å². The van der Waals surface area contributed by atoms with Crippen LogP contribution >= 0.6 is 0 Å². The highest BCUT2D eigenvalue weighted by molar-refractivity contribution is 5.98. The van der Waals surface area contributed by atoms with Crippen LogP contribution in [0.25, 0.3) is 17.1 Å². The van der Waals surface area contributed by atoms with E-state index >= 15 is 0 Å². The Labute approximate surface area is 160 Å². The number of aromatic nitrogens is 3. The number of hydrogen-bond acceptors (Lipinski definition) is 5. The smallest absolute Gasteiger partial charge is 0.280 e. The van der Waals surface area contributed by atoms with Gasteiger partial charge in [-0.15, -0.1) is 0 Å². The van der Waals surface area contributed by atoms with Crippen molar-refractivity contribution in [3.63, 3.8) is 0 Å². The number of aryl methyl sites for hydroxylation is 2. The van der Waals surface area contributed by atoms with Crippen molar-refractivity contribution >= 4 is 29.2 Å². The van der Waals surface area contributed by atoms with Gasteiger partial charge in [0.2, 0.25) is 0 Å². The number of amides is 1. The lowest BCUT2D eigenvalue weighted by Crippen LogP contribution is -2.37. The Balaban J connectivity index is 1.85. The van der Waals surface area contributed by atoms with Gasteiger partial charge in [0, 0.05) is 20.3 Å². The van der Waals surface area contributed by atoms with Crippen LogP contribution in [0.3, 0.4) is 0 Å². The van der Waals surface area contributed by atoms with Crippen molar-refractivity contribution in [2.75, 3.05) is 0 Å². The summed E-state index contributed by atoms with van der Waals surface area (Å²) in [4.78, 5) is 41.1. The summed E-state index contributed by atoms with van der Waals surface area (Å²) in [6.07, 6.45) is 5.01. The molecule has 142 valence electrons. The number of hydrogen-bond donors (Lipinski definition) is 1. The quantitative estimate of drug-likeness (QED) is 0.548. The van der Waals surface area contributed by atoms with Crippen LogP contribution in [-0.2, 0) is 14.1 Å². The van der Waals surface area contributed by atoms with Gasteiger partial charge in [-0.3, -0.25) is 18.7 Å². The maximum atomic E-state index is 12.4. The van der Waals surface area contributed by atoms with E-state index in [0.29, 0.717) is 5.69 Å². The van der Waals surface area contributed by atoms with Crippen LogP contribution in [-0.4, -0.2) is 26.2 Å². The highest BCUT2D eigenvalue weighted by Crippen LogP contribution is 2.12. The fraction of sp³-hybridized carbons (Fsp3) is 0.150. The number of pyridine rings is 1. The molecule has 1 N–H and O–H groups in total. The molecule has 0 saturated heterocycles. The van der Waals surface area contributed by atoms with Crippen molar-refractivity contribution in [2.45, 2.75) is 6.92 Å². The Kier molecular flexibility index (Phi) is 5.30. The molecular formula is C20H19N5O3. The van der Waals surface area contributed by atoms with Gasteiger partial charge in [0.15, 0.2) is 0 Å². The topological polar surface area (TPSA) is 98.3 Å². The first kappa shape index (κ1) is 19.0. The lowest BCUT2D eigenvalue weighted by Gasteiger charge is -2.10. The molecule has 8 heteroatoms. The van der Waals surface area contributed by atoms with E-state index in [-0.39, 0.29) is 16.6 Å². The first-order chi connectivity index (χ1) is 13.4. The van der Waals surface area contributed by atoms with Gasteiger partial charge >= 0.3 is 5.69 Å². The average molecular weight is 377 g/mol. The first-order valence-electron chi connectivity index (χ1n) is 8.52. The van der Waals surface area contributed by atoms with Crippen LogP contribution in [0.2, 0.25) is 0 Å². The minimum absolute atomic E-state index is 0.188. The maximum Gasteiger partial charge on any atom is 0.332 e. The third-order valence-corrected chi connectivity index (χ3v) is 4.28. The molecule has 2 heterocycles. The average Bonchev–Trinajstić information content (AvgIpc) is 2.70. The number of carbonyl (C=O) groups excluding carboxylic acids is 1. The Morgan fingerprint density at radius 1 is 1.14 bits per heavy atom. The van der Waals surface area contributed by atoms with Crippen molar-refractivity contribution in [2.24, 2.45) is 19.2 Å². The van der Waals surface area contributed by atoms with E-state index in [4.69, 9.17) is 0 Å². The van der Waals surface area contributed by atoms with Crippen LogP contribution < -0.4 is 16.7 Å². The Morgan fingerprint density at radius 2 is 1.86 bits per heavy atom. The summed E-state index contributed by atoms with van der Waals surface area (Å²) < 4.78 is 2.26. The highest BCUT2D eigenvalue weighted by atomic mass is 16.2. The second kappa shape index (κ2) is 7.83. The SMILES string of the molecule is Cc1nc2c(cc1C(=O)NN=CC=Cc1ccccc1)c(=O)n(C)c(=O)n2C. The minimum Gasteiger partial charge on any atom is -0.280 e. The lowest BCUT2D eigenvalue weighted by atomic mass is 10.1. The molecule has 0 saturated carbocycles. The number of benzene rings is 1. The molecule has 0 atom stereocenters. The molecule has 3 aromatic rings. The van der Waals surface area contributed by atoms with Crippen molar-refractivity contribution in [3.8, 4) is 0 Å². The molecule has 3 rings (SSSR count). The van der Waals surface area contributed by atoms with Crippen molar-refractivity contribution < 1.29 is 4.79 Å². The van der Waals surface area contributed by atoms with Crippen molar-refractivity contribution in [1.82, 2.24) is 19.5 Å². The molecule has 0 unspecified atom stereocenters. The van der Waals surface area contributed by atoms with Gasteiger partial charge in [0.1, 0.15) is 5.65 Å². The third kappa shape index (κ3) is 3.66. The van der Waals surface area contributed by atoms with Crippen LogP contribution in [0.15, 0.2) is 57.2 Å². The predicted molar refractivity (Wildman–Crippen MR) is 108 cm³/mol.